The molecule has 0 spiro atoms. The molecule has 0 saturated carbocycles. The third-order valence-corrected chi connectivity index (χ3v) is 1.96. The van der Waals surface area contributed by atoms with Crippen LogP contribution in [-0.4, -0.2) is 30.5 Å². The number of carbonyl (C=O) groups excluding carboxylic acids is 1. The van der Waals surface area contributed by atoms with E-state index in [0.29, 0.717) is 6.61 Å². The Morgan fingerprint density at radius 2 is 2.14 bits per heavy atom. The van der Waals surface area contributed by atoms with Crippen molar-refractivity contribution in [2.24, 2.45) is 5.92 Å². The second kappa shape index (κ2) is 7.62. The van der Waals surface area contributed by atoms with Crippen molar-refractivity contribution in [3.05, 3.63) is 0 Å². The highest BCUT2D eigenvalue weighted by Gasteiger charge is 2.10. The van der Waals surface area contributed by atoms with E-state index in [4.69, 9.17) is 4.74 Å². The van der Waals surface area contributed by atoms with E-state index in [0.717, 1.165) is 12.8 Å². The van der Waals surface area contributed by atoms with Crippen molar-refractivity contribution in [1.29, 1.82) is 0 Å². The van der Waals surface area contributed by atoms with Crippen LogP contribution in [-0.2, 0) is 4.74 Å². The molecule has 0 aromatic carbocycles. The number of hydrogen-bond acceptors (Lipinski definition) is 3. The predicted octanol–water partition coefficient (Wildman–Crippen LogP) is 1.53. The van der Waals surface area contributed by atoms with E-state index < -0.39 is 12.2 Å². The van der Waals surface area contributed by atoms with Crippen LogP contribution in [0, 0.1) is 5.92 Å². The van der Waals surface area contributed by atoms with E-state index >= 15 is 0 Å². The van der Waals surface area contributed by atoms with Crippen LogP contribution in [0.2, 0.25) is 0 Å². The molecule has 84 valence electrons. The van der Waals surface area contributed by atoms with Crippen LogP contribution in [0.4, 0.5) is 4.79 Å². The van der Waals surface area contributed by atoms with Gasteiger partial charge in [-0.2, -0.15) is 0 Å². The van der Waals surface area contributed by atoms with Crippen LogP contribution >= 0.6 is 0 Å². The lowest BCUT2D eigenvalue weighted by Crippen LogP contribution is -2.35. The average Bonchev–Trinajstić information content (AvgIpc) is 2.14. The number of aliphatic hydroxyl groups is 1. The van der Waals surface area contributed by atoms with Gasteiger partial charge in [-0.05, 0) is 12.3 Å². The molecule has 0 aromatic rings. The van der Waals surface area contributed by atoms with Crippen molar-refractivity contribution in [3.63, 3.8) is 0 Å². The minimum absolute atomic E-state index is 0.144. The molecule has 14 heavy (non-hydrogen) atoms. The van der Waals surface area contributed by atoms with E-state index in [9.17, 15) is 9.90 Å². The molecule has 0 aliphatic heterocycles. The maximum Gasteiger partial charge on any atom is 0.407 e. The largest absolute Gasteiger partial charge is 0.450 e. The molecule has 0 saturated heterocycles. The van der Waals surface area contributed by atoms with Crippen LogP contribution < -0.4 is 5.32 Å². The summed E-state index contributed by atoms with van der Waals surface area (Å²) in [6, 6.07) is 0. The third-order valence-electron chi connectivity index (χ3n) is 1.96. The van der Waals surface area contributed by atoms with Crippen LogP contribution in [0.5, 0.6) is 0 Å². The molecule has 0 rings (SSSR count). The summed E-state index contributed by atoms with van der Waals surface area (Å²) >= 11 is 0. The van der Waals surface area contributed by atoms with Crippen LogP contribution in [0.1, 0.15) is 33.6 Å². The summed E-state index contributed by atoms with van der Waals surface area (Å²) in [5.74, 6) is 0.144. The lowest BCUT2D eigenvalue weighted by Gasteiger charge is -2.14. The summed E-state index contributed by atoms with van der Waals surface area (Å²) in [7, 11) is 0. The van der Waals surface area contributed by atoms with Gasteiger partial charge in [-0.15, -0.1) is 0 Å². The molecule has 0 heterocycles. The van der Waals surface area contributed by atoms with Crippen molar-refractivity contribution in [2.75, 3.05) is 13.2 Å². The number of unbranched alkanes of at least 4 members (excludes halogenated alkanes) is 1. The molecule has 1 unspecified atom stereocenters. The number of amides is 1. The maximum absolute atomic E-state index is 11.0. The summed E-state index contributed by atoms with van der Waals surface area (Å²) < 4.78 is 4.85. The van der Waals surface area contributed by atoms with Gasteiger partial charge in [0.15, 0.2) is 0 Å². The predicted molar refractivity (Wildman–Crippen MR) is 55.1 cm³/mol. The van der Waals surface area contributed by atoms with E-state index in [-0.39, 0.29) is 12.5 Å². The molecule has 2 N–H and O–H groups in total. The zero-order valence-electron chi connectivity index (χ0n) is 9.25. The molecule has 4 heteroatoms. The molecule has 0 radical (unpaired) electrons. The van der Waals surface area contributed by atoms with E-state index in [1.807, 2.05) is 20.8 Å². The van der Waals surface area contributed by atoms with E-state index in [1.165, 1.54) is 0 Å². The Kier molecular flexibility index (Phi) is 7.20. The lowest BCUT2D eigenvalue weighted by molar-refractivity contribution is 0.108. The zero-order valence-corrected chi connectivity index (χ0v) is 9.25. The zero-order chi connectivity index (χ0) is 11.0. The van der Waals surface area contributed by atoms with Gasteiger partial charge in [0.2, 0.25) is 0 Å². The van der Waals surface area contributed by atoms with Gasteiger partial charge >= 0.3 is 6.09 Å². The highest BCUT2D eigenvalue weighted by Crippen LogP contribution is 1.98. The van der Waals surface area contributed by atoms with Gasteiger partial charge in [0.05, 0.1) is 12.7 Å². The standard InChI is InChI=1S/C10H21NO3/c1-4-5-6-14-10(13)11-7-9(12)8(2)3/h8-9,12H,4-7H2,1-3H3,(H,11,13). The summed E-state index contributed by atoms with van der Waals surface area (Å²) in [6.07, 6.45) is 0.925. The van der Waals surface area contributed by atoms with Gasteiger partial charge in [0.1, 0.15) is 0 Å². The van der Waals surface area contributed by atoms with Crippen molar-refractivity contribution >= 4 is 6.09 Å². The summed E-state index contributed by atoms with van der Waals surface area (Å²) in [6.45, 7) is 6.52. The second-order valence-electron chi connectivity index (χ2n) is 3.68. The minimum atomic E-state index is -0.506. The van der Waals surface area contributed by atoms with Gasteiger partial charge in [-0.25, -0.2) is 4.79 Å². The van der Waals surface area contributed by atoms with Crippen LogP contribution in [0.25, 0.3) is 0 Å². The van der Waals surface area contributed by atoms with E-state index in [2.05, 4.69) is 5.32 Å². The fourth-order valence-electron chi connectivity index (χ4n) is 0.784. The first-order valence-electron chi connectivity index (χ1n) is 5.16. The average molecular weight is 203 g/mol. The van der Waals surface area contributed by atoms with Crippen molar-refractivity contribution in [2.45, 2.75) is 39.7 Å². The summed E-state index contributed by atoms with van der Waals surface area (Å²) in [5.41, 5.74) is 0. The molecule has 1 amide bonds. The first kappa shape index (κ1) is 13.2. The van der Waals surface area contributed by atoms with Gasteiger partial charge in [-0.1, -0.05) is 27.2 Å². The number of nitrogens with one attached hydrogen (secondary N) is 1. The Labute approximate surface area is 85.6 Å². The SMILES string of the molecule is CCCCOC(=O)NCC(O)C(C)C. The van der Waals surface area contributed by atoms with Crippen molar-refractivity contribution in [1.82, 2.24) is 5.32 Å². The van der Waals surface area contributed by atoms with Crippen LogP contribution in [0.3, 0.4) is 0 Å². The number of rotatable bonds is 6. The highest BCUT2D eigenvalue weighted by atomic mass is 16.5. The molecule has 0 aliphatic rings. The molecular formula is C10H21NO3. The fourth-order valence-corrected chi connectivity index (χ4v) is 0.784. The Bertz CT molecular complexity index is 159. The maximum atomic E-state index is 11.0. The topological polar surface area (TPSA) is 58.6 Å². The number of alkyl carbamates (subject to hydrolysis) is 1. The molecule has 1 atom stereocenters. The normalized spacial score (nSPS) is 12.6. The molecule has 0 aromatic heterocycles. The lowest BCUT2D eigenvalue weighted by atomic mass is 10.1. The Balaban J connectivity index is 3.44. The summed E-state index contributed by atoms with van der Waals surface area (Å²) in [4.78, 5) is 11.0. The Hall–Kier alpha value is -0.770. The summed E-state index contributed by atoms with van der Waals surface area (Å²) in [5, 5.41) is 11.9. The van der Waals surface area contributed by atoms with E-state index in [1.54, 1.807) is 0 Å². The molecule has 0 aliphatic carbocycles. The van der Waals surface area contributed by atoms with Gasteiger partial charge in [0.25, 0.3) is 0 Å². The molecule has 0 fully saturated rings. The van der Waals surface area contributed by atoms with Gasteiger partial charge in [-0.3, -0.25) is 0 Å². The second-order valence-corrected chi connectivity index (χ2v) is 3.68. The van der Waals surface area contributed by atoms with Gasteiger partial charge < -0.3 is 15.2 Å². The number of ether oxygens (including phenoxy) is 1. The number of carbonyl (C=O) groups is 1. The monoisotopic (exact) mass is 203 g/mol. The first-order chi connectivity index (χ1) is 6.57. The first-order valence-corrected chi connectivity index (χ1v) is 5.16. The highest BCUT2D eigenvalue weighted by molar-refractivity contribution is 5.67. The van der Waals surface area contributed by atoms with Crippen molar-refractivity contribution < 1.29 is 14.6 Å². The fraction of sp³-hybridized carbons (Fsp3) is 0.900. The molecular weight excluding hydrogens is 182 g/mol. The Morgan fingerprint density at radius 1 is 1.50 bits per heavy atom. The van der Waals surface area contributed by atoms with Gasteiger partial charge in [0, 0.05) is 6.54 Å². The number of hydrogen-bond donors (Lipinski definition) is 2. The Morgan fingerprint density at radius 3 is 2.64 bits per heavy atom. The third kappa shape index (κ3) is 6.71. The quantitative estimate of drug-likeness (QED) is 0.644. The number of aliphatic hydroxyl groups excluding tert-OH is 1. The van der Waals surface area contributed by atoms with Crippen molar-refractivity contribution in [3.8, 4) is 0 Å². The molecule has 4 nitrogen and oxygen atoms in total. The molecule has 0 bridgehead atoms. The minimum Gasteiger partial charge on any atom is -0.450 e. The smallest absolute Gasteiger partial charge is 0.407 e. The van der Waals surface area contributed by atoms with Crippen LogP contribution in [0.15, 0.2) is 0 Å².